The molecule has 2 rings (SSSR count). The van der Waals surface area contributed by atoms with Crippen LogP contribution in [0.5, 0.6) is 0 Å². The second-order valence-corrected chi connectivity index (χ2v) is 3.23. The second-order valence-electron chi connectivity index (χ2n) is 3.23. The Kier molecular flexibility index (Phi) is 1.90. The first-order valence-corrected chi connectivity index (χ1v) is 4.15. The Balaban J connectivity index is 1.79. The number of aliphatic hydroxyl groups is 1. The molecule has 0 spiro atoms. The predicted octanol–water partition coefficient (Wildman–Crippen LogP) is -0.534. The molecule has 0 unspecified atom stereocenters. The minimum absolute atomic E-state index is 0.220. The summed E-state index contributed by atoms with van der Waals surface area (Å²) in [6, 6.07) is 0.105. The summed E-state index contributed by atoms with van der Waals surface area (Å²) in [7, 11) is 0. The van der Waals surface area contributed by atoms with Crippen molar-refractivity contribution in [3.63, 3.8) is 0 Å². The van der Waals surface area contributed by atoms with E-state index in [2.05, 4.69) is 5.32 Å². The summed E-state index contributed by atoms with van der Waals surface area (Å²) in [5.74, 6) is 0. The first-order valence-electron chi connectivity index (χ1n) is 4.15. The molecular formula is C7H12N2O3. The average Bonchev–Trinajstić information content (AvgIpc) is 2.72. The molecule has 12 heavy (non-hydrogen) atoms. The number of rotatable bonds is 1. The Labute approximate surface area is 70.3 Å². The topological polar surface area (TPSA) is 61.8 Å². The highest BCUT2D eigenvalue weighted by Crippen LogP contribution is 2.19. The van der Waals surface area contributed by atoms with Gasteiger partial charge in [0, 0.05) is 6.04 Å². The van der Waals surface area contributed by atoms with Crippen LogP contribution in [0.3, 0.4) is 0 Å². The number of hydroxylamine groups is 2. The van der Waals surface area contributed by atoms with Gasteiger partial charge in [0.05, 0.1) is 6.54 Å². The van der Waals surface area contributed by atoms with Crippen molar-refractivity contribution in [1.82, 2.24) is 10.4 Å². The van der Waals surface area contributed by atoms with Crippen molar-refractivity contribution in [3.8, 4) is 0 Å². The summed E-state index contributed by atoms with van der Waals surface area (Å²) in [6.07, 6.45) is 1.58. The maximum atomic E-state index is 11.2. The Morgan fingerprint density at radius 1 is 1.58 bits per heavy atom. The molecule has 68 valence electrons. The molecule has 2 fully saturated rings. The molecule has 5 nitrogen and oxygen atoms in total. The van der Waals surface area contributed by atoms with Crippen molar-refractivity contribution in [1.29, 1.82) is 0 Å². The van der Waals surface area contributed by atoms with Crippen LogP contribution in [0.4, 0.5) is 4.79 Å². The lowest BCUT2D eigenvalue weighted by atomic mass is 10.4. The predicted molar refractivity (Wildman–Crippen MR) is 40.2 cm³/mol. The maximum Gasteiger partial charge on any atom is 0.341 e. The molecule has 5 heteroatoms. The molecule has 2 aliphatic rings. The number of nitrogens with one attached hydrogen (secondary N) is 1. The maximum absolute atomic E-state index is 11.2. The molecule has 2 N–H and O–H groups in total. The monoisotopic (exact) mass is 172 g/mol. The van der Waals surface area contributed by atoms with Crippen LogP contribution in [0.2, 0.25) is 0 Å². The number of hydrogen-bond acceptors (Lipinski definition) is 3. The normalized spacial score (nSPS) is 29.1. The number of carbonyl (C=O) groups is 1. The van der Waals surface area contributed by atoms with Crippen LogP contribution in [0, 0.1) is 0 Å². The molecule has 1 aliphatic heterocycles. The Morgan fingerprint density at radius 3 is 2.83 bits per heavy atom. The molecule has 0 aromatic heterocycles. The van der Waals surface area contributed by atoms with E-state index in [0.717, 1.165) is 12.8 Å². The summed E-state index contributed by atoms with van der Waals surface area (Å²) in [4.78, 5) is 16.1. The number of amides is 2. The number of hydrogen-bond donors (Lipinski definition) is 2. The van der Waals surface area contributed by atoms with Gasteiger partial charge in [0.2, 0.25) is 0 Å². The van der Waals surface area contributed by atoms with Crippen molar-refractivity contribution in [3.05, 3.63) is 0 Å². The average molecular weight is 172 g/mol. The van der Waals surface area contributed by atoms with Crippen LogP contribution in [0.25, 0.3) is 0 Å². The van der Waals surface area contributed by atoms with Gasteiger partial charge in [0.1, 0.15) is 12.7 Å². The molecule has 0 aromatic carbocycles. The van der Waals surface area contributed by atoms with Crippen LogP contribution < -0.4 is 5.32 Å². The molecule has 0 radical (unpaired) electrons. The summed E-state index contributed by atoms with van der Waals surface area (Å²) in [6.45, 7) is 0.497. The zero-order chi connectivity index (χ0) is 8.55. The van der Waals surface area contributed by atoms with Gasteiger partial charge in [-0.3, -0.25) is 4.84 Å². The number of nitrogens with zero attached hydrogens (tertiary/aromatic N) is 1. The van der Waals surface area contributed by atoms with Gasteiger partial charge in [-0.15, -0.1) is 0 Å². The second kappa shape index (κ2) is 2.91. The summed E-state index contributed by atoms with van der Waals surface area (Å²) in [5.41, 5.74) is 0. The van der Waals surface area contributed by atoms with Crippen LogP contribution in [-0.2, 0) is 4.84 Å². The zero-order valence-electron chi connectivity index (χ0n) is 6.69. The van der Waals surface area contributed by atoms with Crippen molar-refractivity contribution >= 4 is 6.03 Å². The highest BCUT2D eigenvalue weighted by molar-refractivity contribution is 5.73. The first-order chi connectivity index (χ1) is 5.75. The number of aliphatic hydroxyl groups excluding tert-OH is 1. The van der Waals surface area contributed by atoms with Gasteiger partial charge in [-0.25, -0.2) is 9.86 Å². The van der Waals surface area contributed by atoms with Crippen molar-refractivity contribution in [2.75, 3.05) is 13.2 Å². The van der Waals surface area contributed by atoms with Crippen LogP contribution >= 0.6 is 0 Å². The van der Waals surface area contributed by atoms with Crippen molar-refractivity contribution < 1.29 is 14.7 Å². The molecule has 0 aromatic rings. The Hall–Kier alpha value is -0.810. The molecule has 1 saturated carbocycles. The van der Waals surface area contributed by atoms with E-state index in [1.807, 2.05) is 0 Å². The highest BCUT2D eigenvalue weighted by atomic mass is 16.7. The highest BCUT2D eigenvalue weighted by Gasteiger charge is 2.30. The minimum atomic E-state index is -0.532. The number of urea groups is 1. The lowest BCUT2D eigenvalue weighted by Gasteiger charge is -2.13. The lowest BCUT2D eigenvalue weighted by molar-refractivity contribution is -0.0679. The molecule has 1 saturated heterocycles. The third kappa shape index (κ3) is 1.67. The van der Waals surface area contributed by atoms with Crippen molar-refractivity contribution in [2.24, 2.45) is 0 Å². The zero-order valence-corrected chi connectivity index (χ0v) is 6.69. The van der Waals surface area contributed by atoms with Gasteiger partial charge < -0.3 is 10.4 Å². The fraction of sp³-hybridized carbons (Fsp3) is 0.857. The SMILES string of the molecule is O=C(NC1CC1)N1C[C@H](O)CO1. The molecule has 1 aliphatic carbocycles. The van der Waals surface area contributed by atoms with Crippen LogP contribution in [0.1, 0.15) is 12.8 Å². The summed E-state index contributed by atoms with van der Waals surface area (Å²) >= 11 is 0. The van der Waals surface area contributed by atoms with Gasteiger partial charge >= 0.3 is 6.03 Å². The fourth-order valence-corrected chi connectivity index (χ4v) is 1.09. The Morgan fingerprint density at radius 2 is 2.33 bits per heavy atom. The quantitative estimate of drug-likeness (QED) is 0.558. The number of carbonyl (C=O) groups excluding carboxylic acids is 1. The van der Waals surface area contributed by atoms with E-state index < -0.39 is 6.10 Å². The van der Waals surface area contributed by atoms with E-state index in [0.29, 0.717) is 6.04 Å². The molecule has 2 amide bonds. The molecular weight excluding hydrogens is 160 g/mol. The minimum Gasteiger partial charge on any atom is -0.389 e. The fourth-order valence-electron chi connectivity index (χ4n) is 1.09. The molecule has 0 bridgehead atoms. The summed E-state index contributed by atoms with van der Waals surface area (Å²) < 4.78 is 0. The Bertz CT molecular complexity index is 193. The van der Waals surface area contributed by atoms with Crippen LogP contribution in [-0.4, -0.2) is 41.5 Å². The number of β-amino-alcohol motifs (C(OH)–C–C–N with tert-alkyl or cyclic N) is 1. The van der Waals surface area contributed by atoms with Crippen LogP contribution in [0.15, 0.2) is 0 Å². The van der Waals surface area contributed by atoms with E-state index >= 15 is 0 Å². The lowest BCUT2D eigenvalue weighted by Crippen LogP contribution is -2.39. The van der Waals surface area contributed by atoms with E-state index in [1.165, 1.54) is 5.06 Å². The van der Waals surface area contributed by atoms with E-state index in [-0.39, 0.29) is 19.2 Å². The third-order valence-electron chi connectivity index (χ3n) is 1.93. The van der Waals surface area contributed by atoms with Gasteiger partial charge in [0.25, 0.3) is 0 Å². The standard InChI is InChI=1S/C7H12N2O3/c10-6-3-9(12-4-6)7(11)8-5-1-2-5/h5-6,10H,1-4H2,(H,8,11)/t6-/m0/s1. The van der Waals surface area contributed by atoms with Gasteiger partial charge in [-0.05, 0) is 12.8 Å². The summed E-state index contributed by atoms with van der Waals surface area (Å²) in [5, 5.41) is 13.0. The van der Waals surface area contributed by atoms with Gasteiger partial charge in [-0.2, -0.15) is 0 Å². The smallest absolute Gasteiger partial charge is 0.341 e. The van der Waals surface area contributed by atoms with E-state index in [9.17, 15) is 4.79 Å². The largest absolute Gasteiger partial charge is 0.389 e. The van der Waals surface area contributed by atoms with E-state index in [1.54, 1.807) is 0 Å². The van der Waals surface area contributed by atoms with Gasteiger partial charge in [0.15, 0.2) is 0 Å². The molecule has 1 heterocycles. The molecule has 1 atom stereocenters. The third-order valence-corrected chi connectivity index (χ3v) is 1.93. The van der Waals surface area contributed by atoms with Gasteiger partial charge in [-0.1, -0.05) is 0 Å². The van der Waals surface area contributed by atoms with Crippen molar-refractivity contribution in [2.45, 2.75) is 25.0 Å². The van der Waals surface area contributed by atoms with E-state index in [4.69, 9.17) is 9.94 Å². The first kappa shape index (κ1) is 7.82.